The Labute approximate surface area is 167 Å². The number of anilines is 1. The lowest BCUT2D eigenvalue weighted by Gasteiger charge is -2.22. The van der Waals surface area contributed by atoms with Crippen LogP contribution in [0.3, 0.4) is 0 Å². The van der Waals surface area contributed by atoms with Gasteiger partial charge in [-0.3, -0.25) is 28.8 Å². The van der Waals surface area contributed by atoms with E-state index in [2.05, 4.69) is 10.6 Å². The normalized spacial score (nSPS) is 16.8. The molecule has 9 heteroatoms. The maximum atomic E-state index is 12.9. The predicted octanol–water partition coefficient (Wildman–Crippen LogP) is 1.76. The number of carbonyl (C=O) groups is 3. The van der Waals surface area contributed by atoms with Crippen LogP contribution in [0.15, 0.2) is 23.0 Å². The van der Waals surface area contributed by atoms with Crippen LogP contribution in [-0.2, 0) is 21.4 Å². The van der Waals surface area contributed by atoms with Gasteiger partial charge in [-0.25, -0.2) is 4.79 Å². The first-order valence-corrected chi connectivity index (χ1v) is 9.89. The number of nitrogens with zero attached hydrogens (tertiary/aromatic N) is 2. The Kier molecular flexibility index (Phi) is 6.36. The highest BCUT2D eigenvalue weighted by molar-refractivity contribution is 6.00. The van der Waals surface area contributed by atoms with E-state index in [0.29, 0.717) is 30.4 Å². The van der Waals surface area contributed by atoms with Crippen molar-refractivity contribution in [2.24, 2.45) is 7.05 Å². The Morgan fingerprint density at radius 1 is 1.21 bits per heavy atom. The van der Waals surface area contributed by atoms with Crippen molar-refractivity contribution < 1.29 is 19.5 Å². The maximum absolute atomic E-state index is 12.9. The molecule has 156 valence electrons. The molecule has 3 N–H and O–H groups in total. The van der Waals surface area contributed by atoms with Crippen molar-refractivity contribution >= 4 is 34.5 Å². The van der Waals surface area contributed by atoms with E-state index in [1.54, 1.807) is 13.1 Å². The van der Waals surface area contributed by atoms with Crippen molar-refractivity contribution in [1.82, 2.24) is 14.5 Å². The molecule has 1 saturated heterocycles. The highest BCUT2D eigenvalue weighted by Gasteiger charge is 2.31. The zero-order chi connectivity index (χ0) is 21.0. The number of unbranched alkanes of at least 4 members (excludes halogenated alkanes) is 3. The number of para-hydroxylation sites is 1. The van der Waals surface area contributed by atoms with Crippen LogP contribution in [-0.4, -0.2) is 38.6 Å². The van der Waals surface area contributed by atoms with E-state index in [1.807, 2.05) is 12.1 Å². The highest BCUT2D eigenvalue weighted by atomic mass is 16.4. The van der Waals surface area contributed by atoms with Gasteiger partial charge < -0.3 is 10.4 Å². The number of piperidine rings is 1. The van der Waals surface area contributed by atoms with E-state index in [4.69, 9.17) is 5.11 Å². The topological polar surface area (TPSA) is 122 Å². The molecule has 1 aliphatic rings. The van der Waals surface area contributed by atoms with Gasteiger partial charge in [0.05, 0.1) is 16.7 Å². The number of imide groups is 1. The minimum absolute atomic E-state index is 0.197. The Bertz CT molecular complexity index is 991. The summed E-state index contributed by atoms with van der Waals surface area (Å²) in [5, 5.41) is 14.3. The van der Waals surface area contributed by atoms with Gasteiger partial charge in [-0.2, -0.15) is 0 Å². The van der Waals surface area contributed by atoms with E-state index in [1.165, 1.54) is 9.13 Å². The molecule has 1 aromatic heterocycles. The van der Waals surface area contributed by atoms with Crippen LogP contribution in [0.5, 0.6) is 0 Å². The van der Waals surface area contributed by atoms with Crippen LogP contribution in [0, 0.1) is 0 Å². The second kappa shape index (κ2) is 8.93. The van der Waals surface area contributed by atoms with Crippen molar-refractivity contribution in [1.29, 1.82) is 0 Å². The highest BCUT2D eigenvalue weighted by Crippen LogP contribution is 2.27. The lowest BCUT2D eigenvalue weighted by atomic mass is 10.1. The van der Waals surface area contributed by atoms with Crippen molar-refractivity contribution in [3.05, 3.63) is 28.7 Å². The number of imidazole rings is 1. The fraction of sp³-hybridized carbons (Fsp3) is 0.500. The average molecular weight is 402 g/mol. The van der Waals surface area contributed by atoms with Crippen molar-refractivity contribution in [3.63, 3.8) is 0 Å². The number of amides is 2. The molecule has 1 aliphatic heterocycles. The number of carbonyl (C=O) groups excluding carboxylic acids is 2. The third-order valence-electron chi connectivity index (χ3n) is 5.26. The number of benzene rings is 1. The Hall–Kier alpha value is -3.10. The number of rotatable bonds is 9. The van der Waals surface area contributed by atoms with Crippen molar-refractivity contribution in [2.45, 2.75) is 51.0 Å². The molecule has 1 unspecified atom stereocenters. The van der Waals surface area contributed by atoms with Crippen LogP contribution in [0.25, 0.3) is 11.0 Å². The van der Waals surface area contributed by atoms with E-state index in [-0.39, 0.29) is 24.4 Å². The average Bonchev–Trinajstić information content (AvgIpc) is 2.92. The van der Waals surface area contributed by atoms with Crippen LogP contribution < -0.4 is 16.3 Å². The number of hydrogen-bond acceptors (Lipinski definition) is 5. The maximum Gasteiger partial charge on any atom is 0.329 e. The first-order chi connectivity index (χ1) is 13.9. The summed E-state index contributed by atoms with van der Waals surface area (Å²) in [5.41, 5.74) is 1.88. The van der Waals surface area contributed by atoms with Crippen LogP contribution >= 0.6 is 0 Å². The second-order valence-corrected chi connectivity index (χ2v) is 7.34. The summed E-state index contributed by atoms with van der Waals surface area (Å²) in [6.45, 7) is 0.698. The summed E-state index contributed by atoms with van der Waals surface area (Å²) in [7, 11) is 1.67. The molecule has 0 saturated carbocycles. The summed E-state index contributed by atoms with van der Waals surface area (Å²) in [5.74, 6) is -1.53. The molecular formula is C20H26N4O5. The number of carboxylic acid groups (broad SMARTS) is 1. The monoisotopic (exact) mass is 402 g/mol. The van der Waals surface area contributed by atoms with E-state index < -0.39 is 17.9 Å². The smallest absolute Gasteiger partial charge is 0.329 e. The third kappa shape index (κ3) is 4.49. The molecule has 3 rings (SSSR count). The molecule has 2 heterocycles. The molecule has 0 bridgehead atoms. The Morgan fingerprint density at radius 3 is 2.69 bits per heavy atom. The van der Waals surface area contributed by atoms with Gasteiger partial charge in [-0.05, 0) is 31.4 Å². The molecule has 1 fully saturated rings. The summed E-state index contributed by atoms with van der Waals surface area (Å²) < 4.78 is 2.99. The Balaban J connectivity index is 1.74. The fourth-order valence-corrected chi connectivity index (χ4v) is 3.79. The molecule has 0 spiro atoms. The van der Waals surface area contributed by atoms with Crippen molar-refractivity contribution in [2.75, 3.05) is 11.9 Å². The summed E-state index contributed by atoms with van der Waals surface area (Å²) in [4.78, 5) is 47.1. The van der Waals surface area contributed by atoms with Gasteiger partial charge in [0, 0.05) is 26.4 Å². The molecule has 1 atom stereocenters. The van der Waals surface area contributed by atoms with Gasteiger partial charge >= 0.3 is 11.7 Å². The minimum Gasteiger partial charge on any atom is -0.481 e. The molecule has 0 radical (unpaired) electrons. The SMILES string of the molecule is Cn1c(=O)n(C2CCC(=O)NC2=O)c2cccc(NCCCCCCC(=O)O)c21. The van der Waals surface area contributed by atoms with Crippen LogP contribution in [0.4, 0.5) is 5.69 Å². The number of aliphatic carboxylic acids is 1. The Morgan fingerprint density at radius 2 is 1.97 bits per heavy atom. The molecule has 29 heavy (non-hydrogen) atoms. The molecule has 1 aromatic carbocycles. The van der Waals surface area contributed by atoms with Gasteiger partial charge in [0.15, 0.2) is 0 Å². The molecule has 0 aliphatic carbocycles. The zero-order valence-corrected chi connectivity index (χ0v) is 16.4. The first kappa shape index (κ1) is 20.6. The van der Waals surface area contributed by atoms with Gasteiger partial charge in [-0.1, -0.05) is 18.9 Å². The van der Waals surface area contributed by atoms with Gasteiger partial charge in [-0.15, -0.1) is 0 Å². The first-order valence-electron chi connectivity index (χ1n) is 9.89. The molecule has 2 amide bonds. The number of nitrogens with one attached hydrogen (secondary N) is 2. The van der Waals surface area contributed by atoms with Gasteiger partial charge in [0.2, 0.25) is 11.8 Å². The largest absolute Gasteiger partial charge is 0.481 e. The number of carboxylic acids is 1. The summed E-state index contributed by atoms with van der Waals surface area (Å²) >= 11 is 0. The fourth-order valence-electron chi connectivity index (χ4n) is 3.79. The third-order valence-corrected chi connectivity index (χ3v) is 5.26. The van der Waals surface area contributed by atoms with E-state index in [0.717, 1.165) is 24.9 Å². The molecule has 2 aromatic rings. The van der Waals surface area contributed by atoms with Gasteiger partial charge in [0.25, 0.3) is 0 Å². The van der Waals surface area contributed by atoms with Crippen molar-refractivity contribution in [3.8, 4) is 0 Å². The zero-order valence-electron chi connectivity index (χ0n) is 16.4. The lowest BCUT2D eigenvalue weighted by molar-refractivity contribution is -0.137. The number of aryl methyl sites for hydroxylation is 1. The number of aromatic nitrogens is 2. The molecular weight excluding hydrogens is 376 g/mol. The van der Waals surface area contributed by atoms with Crippen LogP contribution in [0.1, 0.15) is 51.0 Å². The quantitative estimate of drug-likeness (QED) is 0.434. The summed E-state index contributed by atoms with van der Waals surface area (Å²) in [6, 6.07) is 4.83. The van der Waals surface area contributed by atoms with Gasteiger partial charge in [0.1, 0.15) is 6.04 Å². The number of fused-ring (bicyclic) bond motifs is 1. The van der Waals surface area contributed by atoms with E-state index >= 15 is 0 Å². The van der Waals surface area contributed by atoms with E-state index in [9.17, 15) is 19.2 Å². The summed E-state index contributed by atoms with van der Waals surface area (Å²) in [6.07, 6.45) is 4.06. The molecule has 9 nitrogen and oxygen atoms in total. The standard InChI is InChI=1S/C20H26N4O5/c1-23-18-13(21-12-5-3-2-4-9-17(26)27)7-6-8-14(18)24(20(23)29)15-10-11-16(25)22-19(15)28/h6-8,15,21H,2-5,9-12H2,1H3,(H,26,27)(H,22,25,28). The second-order valence-electron chi connectivity index (χ2n) is 7.34. The lowest BCUT2D eigenvalue weighted by Crippen LogP contribution is -2.44. The van der Waals surface area contributed by atoms with Crippen LogP contribution in [0.2, 0.25) is 0 Å². The number of hydrogen-bond donors (Lipinski definition) is 3. The predicted molar refractivity (Wildman–Crippen MR) is 108 cm³/mol. The minimum atomic E-state index is -0.767.